The highest BCUT2D eigenvalue weighted by Crippen LogP contribution is 2.24. The van der Waals surface area contributed by atoms with Crippen molar-refractivity contribution in [3.63, 3.8) is 0 Å². The Labute approximate surface area is 172 Å². The minimum absolute atomic E-state index is 0.0304. The molecule has 1 aromatic carbocycles. The molecule has 0 spiro atoms. The molecule has 1 unspecified atom stereocenters. The zero-order chi connectivity index (χ0) is 20.1. The van der Waals surface area contributed by atoms with Crippen molar-refractivity contribution >= 4 is 17.5 Å². The monoisotopic (exact) mass is 395 g/mol. The summed E-state index contributed by atoms with van der Waals surface area (Å²) in [6.07, 6.45) is 5.49. The number of aromatic nitrogens is 2. The summed E-state index contributed by atoms with van der Waals surface area (Å²) in [5.74, 6) is 0.979. The second kappa shape index (κ2) is 9.22. The van der Waals surface area contributed by atoms with Crippen LogP contribution in [0.4, 0.5) is 11.6 Å². The lowest BCUT2D eigenvalue weighted by Crippen LogP contribution is -2.41. The molecule has 1 N–H and O–H groups in total. The van der Waals surface area contributed by atoms with Gasteiger partial charge in [0.2, 0.25) is 11.9 Å². The van der Waals surface area contributed by atoms with Crippen LogP contribution in [-0.2, 0) is 9.53 Å². The van der Waals surface area contributed by atoms with Crippen LogP contribution in [0, 0.1) is 5.92 Å². The SMILES string of the molecule is CC(NC(=O)C1CCN(c2cnc(N3CCOCC3)nc2)CC1)c1ccccc1. The highest BCUT2D eigenvalue weighted by Gasteiger charge is 2.26. The van der Waals surface area contributed by atoms with Gasteiger partial charge in [-0.05, 0) is 25.3 Å². The molecule has 7 heteroatoms. The van der Waals surface area contributed by atoms with Crippen molar-refractivity contribution in [2.75, 3.05) is 49.2 Å². The van der Waals surface area contributed by atoms with Gasteiger partial charge in [0.15, 0.2) is 0 Å². The van der Waals surface area contributed by atoms with Crippen molar-refractivity contribution in [2.45, 2.75) is 25.8 Å². The van der Waals surface area contributed by atoms with Gasteiger partial charge in [0, 0.05) is 32.1 Å². The Balaban J connectivity index is 1.28. The summed E-state index contributed by atoms with van der Waals surface area (Å²) < 4.78 is 5.38. The van der Waals surface area contributed by atoms with Gasteiger partial charge in [-0.2, -0.15) is 0 Å². The summed E-state index contributed by atoms with van der Waals surface area (Å²) in [6.45, 7) is 6.85. The molecule has 29 heavy (non-hydrogen) atoms. The molecule has 3 heterocycles. The van der Waals surface area contributed by atoms with Crippen LogP contribution < -0.4 is 15.1 Å². The van der Waals surface area contributed by atoms with Gasteiger partial charge in [-0.25, -0.2) is 9.97 Å². The average molecular weight is 396 g/mol. The number of carbonyl (C=O) groups excluding carboxylic acids is 1. The maximum atomic E-state index is 12.7. The molecule has 2 aromatic rings. The van der Waals surface area contributed by atoms with Crippen molar-refractivity contribution in [3.05, 3.63) is 48.3 Å². The lowest BCUT2D eigenvalue weighted by molar-refractivity contribution is -0.126. The van der Waals surface area contributed by atoms with E-state index in [1.165, 1.54) is 0 Å². The number of rotatable bonds is 5. The second-order valence-electron chi connectivity index (χ2n) is 7.74. The fraction of sp³-hybridized carbons (Fsp3) is 0.500. The van der Waals surface area contributed by atoms with Gasteiger partial charge in [-0.15, -0.1) is 0 Å². The number of hydrogen-bond donors (Lipinski definition) is 1. The fourth-order valence-electron chi connectivity index (χ4n) is 3.96. The standard InChI is InChI=1S/C22H29N5O2/c1-17(18-5-3-2-4-6-18)25-21(28)19-7-9-26(10-8-19)20-15-23-22(24-16-20)27-11-13-29-14-12-27/h2-6,15-17,19H,7-14H2,1H3,(H,25,28). The minimum Gasteiger partial charge on any atom is -0.378 e. The van der Waals surface area contributed by atoms with Crippen molar-refractivity contribution in [3.8, 4) is 0 Å². The summed E-state index contributed by atoms with van der Waals surface area (Å²) >= 11 is 0. The maximum Gasteiger partial charge on any atom is 0.225 e. The Morgan fingerprint density at radius 2 is 1.69 bits per heavy atom. The van der Waals surface area contributed by atoms with E-state index in [1.807, 2.05) is 49.6 Å². The third-order valence-electron chi connectivity index (χ3n) is 5.81. The molecule has 0 saturated carbocycles. The molecule has 2 fully saturated rings. The number of amides is 1. The van der Waals surface area contributed by atoms with Gasteiger partial charge in [0.1, 0.15) is 0 Å². The van der Waals surface area contributed by atoms with E-state index in [-0.39, 0.29) is 17.9 Å². The molecule has 2 aliphatic heterocycles. The first-order chi connectivity index (χ1) is 14.2. The van der Waals surface area contributed by atoms with E-state index in [0.29, 0.717) is 0 Å². The van der Waals surface area contributed by atoms with Gasteiger partial charge in [0.05, 0.1) is 37.3 Å². The number of nitrogens with zero attached hydrogens (tertiary/aromatic N) is 4. The first kappa shape index (κ1) is 19.6. The van der Waals surface area contributed by atoms with Crippen molar-refractivity contribution < 1.29 is 9.53 Å². The van der Waals surface area contributed by atoms with Crippen LogP contribution in [0.5, 0.6) is 0 Å². The third-order valence-corrected chi connectivity index (χ3v) is 5.81. The number of hydrogen-bond acceptors (Lipinski definition) is 6. The number of piperidine rings is 1. The summed E-state index contributed by atoms with van der Waals surface area (Å²) in [5, 5.41) is 3.17. The quantitative estimate of drug-likeness (QED) is 0.838. The van der Waals surface area contributed by atoms with Crippen molar-refractivity contribution in [2.24, 2.45) is 5.92 Å². The highest BCUT2D eigenvalue weighted by atomic mass is 16.5. The van der Waals surface area contributed by atoms with Crippen LogP contribution in [0.15, 0.2) is 42.7 Å². The largest absolute Gasteiger partial charge is 0.378 e. The highest BCUT2D eigenvalue weighted by molar-refractivity contribution is 5.79. The van der Waals surface area contributed by atoms with Gasteiger partial charge >= 0.3 is 0 Å². The van der Waals surface area contributed by atoms with Gasteiger partial charge in [0.25, 0.3) is 0 Å². The van der Waals surface area contributed by atoms with Crippen LogP contribution in [0.1, 0.15) is 31.4 Å². The molecule has 2 saturated heterocycles. The minimum atomic E-state index is 0.0304. The lowest BCUT2D eigenvalue weighted by Gasteiger charge is -2.33. The van der Waals surface area contributed by atoms with Crippen molar-refractivity contribution in [1.29, 1.82) is 0 Å². The van der Waals surface area contributed by atoms with E-state index < -0.39 is 0 Å². The molecule has 1 aromatic heterocycles. The predicted molar refractivity (Wildman–Crippen MR) is 113 cm³/mol. The summed E-state index contributed by atoms with van der Waals surface area (Å²) in [4.78, 5) is 26.2. The number of carbonyl (C=O) groups is 1. The van der Waals surface area contributed by atoms with Gasteiger partial charge in [-0.3, -0.25) is 4.79 Å². The van der Waals surface area contributed by atoms with Crippen LogP contribution in [0.2, 0.25) is 0 Å². The molecule has 7 nitrogen and oxygen atoms in total. The molecule has 4 rings (SSSR count). The number of ether oxygens (including phenoxy) is 1. The van der Waals surface area contributed by atoms with Crippen molar-refractivity contribution in [1.82, 2.24) is 15.3 Å². The van der Waals surface area contributed by atoms with Gasteiger partial charge in [-0.1, -0.05) is 30.3 Å². The molecule has 1 amide bonds. The molecule has 0 aliphatic carbocycles. The van der Waals surface area contributed by atoms with E-state index in [9.17, 15) is 4.79 Å². The molecule has 2 aliphatic rings. The van der Waals surface area contributed by atoms with E-state index in [4.69, 9.17) is 4.74 Å². The van der Waals surface area contributed by atoms with E-state index in [2.05, 4.69) is 25.1 Å². The van der Waals surface area contributed by atoms with Crippen LogP contribution in [-0.4, -0.2) is 55.3 Å². The zero-order valence-corrected chi connectivity index (χ0v) is 17.0. The first-order valence-electron chi connectivity index (χ1n) is 10.5. The Morgan fingerprint density at radius 1 is 1.03 bits per heavy atom. The second-order valence-corrected chi connectivity index (χ2v) is 7.74. The first-order valence-corrected chi connectivity index (χ1v) is 10.5. The lowest BCUT2D eigenvalue weighted by atomic mass is 9.95. The average Bonchev–Trinajstić information content (AvgIpc) is 2.80. The third kappa shape index (κ3) is 4.85. The molecular formula is C22H29N5O2. The summed E-state index contributed by atoms with van der Waals surface area (Å²) in [7, 11) is 0. The topological polar surface area (TPSA) is 70.6 Å². The number of anilines is 2. The Bertz CT molecular complexity index is 785. The fourth-order valence-corrected chi connectivity index (χ4v) is 3.96. The van der Waals surface area contributed by atoms with E-state index in [1.54, 1.807) is 0 Å². The molecule has 1 atom stereocenters. The summed E-state index contributed by atoms with van der Waals surface area (Å²) in [5.41, 5.74) is 2.16. The van der Waals surface area contributed by atoms with E-state index >= 15 is 0 Å². The molecule has 0 bridgehead atoms. The molecule has 154 valence electrons. The van der Waals surface area contributed by atoms with Crippen LogP contribution in [0.3, 0.4) is 0 Å². The smallest absolute Gasteiger partial charge is 0.225 e. The van der Waals surface area contributed by atoms with Crippen LogP contribution in [0.25, 0.3) is 0 Å². The Hall–Kier alpha value is -2.67. The number of morpholine rings is 1. The Kier molecular flexibility index (Phi) is 6.24. The molecular weight excluding hydrogens is 366 g/mol. The maximum absolute atomic E-state index is 12.7. The zero-order valence-electron chi connectivity index (χ0n) is 17.0. The van der Waals surface area contributed by atoms with E-state index in [0.717, 1.165) is 69.4 Å². The van der Waals surface area contributed by atoms with Crippen LogP contribution >= 0.6 is 0 Å². The predicted octanol–water partition coefficient (Wildman–Crippen LogP) is 2.41. The van der Waals surface area contributed by atoms with Gasteiger partial charge < -0.3 is 19.9 Å². The molecule has 0 radical (unpaired) electrons. The number of benzene rings is 1. The number of nitrogens with one attached hydrogen (secondary N) is 1. The summed E-state index contributed by atoms with van der Waals surface area (Å²) in [6, 6.07) is 10.1. The Morgan fingerprint density at radius 3 is 2.34 bits per heavy atom. The normalized spacial score (nSPS) is 19.1.